The number of hydrogen-bond acceptors (Lipinski definition) is 3. The van der Waals surface area contributed by atoms with E-state index in [1.54, 1.807) is 30.0 Å². The minimum Gasteiger partial charge on any atom is -0.457 e. The van der Waals surface area contributed by atoms with E-state index in [1.807, 2.05) is 24.5 Å². The van der Waals surface area contributed by atoms with Gasteiger partial charge in [0.2, 0.25) is 0 Å². The Morgan fingerprint density at radius 1 is 1.20 bits per heavy atom. The summed E-state index contributed by atoms with van der Waals surface area (Å²) in [6.45, 7) is 0. The molecular weight excluding hydrogens is 333 g/mol. The second-order valence-electron chi connectivity index (χ2n) is 3.88. The zero-order valence-electron chi connectivity index (χ0n) is 10.5. The third-order valence-electron chi connectivity index (χ3n) is 2.57. The molecule has 2 nitrogen and oxygen atoms in total. The monoisotopic (exact) mass is 343 g/mol. The SMILES string of the molecule is CSc1cccc(Oc2ccc(Cl)c(Cl)c2)c1C(N)=S. The summed E-state index contributed by atoms with van der Waals surface area (Å²) in [4.78, 5) is 1.26. The lowest BCUT2D eigenvalue weighted by atomic mass is 10.2. The van der Waals surface area contributed by atoms with Crippen LogP contribution in [0.3, 0.4) is 0 Å². The van der Waals surface area contributed by atoms with E-state index < -0.39 is 0 Å². The Balaban J connectivity index is 2.42. The van der Waals surface area contributed by atoms with Gasteiger partial charge in [0.1, 0.15) is 16.5 Å². The second-order valence-corrected chi connectivity index (χ2v) is 5.98. The molecule has 0 heterocycles. The van der Waals surface area contributed by atoms with Crippen LogP contribution in [0, 0.1) is 0 Å². The fourth-order valence-electron chi connectivity index (χ4n) is 1.68. The van der Waals surface area contributed by atoms with E-state index in [4.69, 9.17) is 45.9 Å². The number of ether oxygens (including phenoxy) is 1. The Labute approximate surface area is 137 Å². The summed E-state index contributed by atoms with van der Waals surface area (Å²) in [5.41, 5.74) is 6.51. The molecule has 6 heteroatoms. The maximum absolute atomic E-state index is 5.97. The third-order valence-corrected chi connectivity index (χ3v) is 4.30. The van der Waals surface area contributed by atoms with Gasteiger partial charge in [0.25, 0.3) is 0 Å². The number of nitrogens with two attached hydrogens (primary N) is 1. The number of halogens is 2. The Hall–Kier alpha value is -0.940. The van der Waals surface area contributed by atoms with Gasteiger partial charge in [0.15, 0.2) is 0 Å². The highest BCUT2D eigenvalue weighted by molar-refractivity contribution is 7.98. The van der Waals surface area contributed by atoms with Gasteiger partial charge < -0.3 is 10.5 Å². The fraction of sp³-hybridized carbons (Fsp3) is 0.0714. The molecule has 0 fully saturated rings. The van der Waals surface area contributed by atoms with Gasteiger partial charge in [-0.1, -0.05) is 41.5 Å². The molecule has 2 aromatic carbocycles. The van der Waals surface area contributed by atoms with E-state index in [0.717, 1.165) is 10.5 Å². The molecule has 104 valence electrons. The molecule has 20 heavy (non-hydrogen) atoms. The first-order valence-electron chi connectivity index (χ1n) is 5.62. The Bertz CT molecular complexity index is 662. The molecule has 0 spiro atoms. The van der Waals surface area contributed by atoms with Gasteiger partial charge in [-0.25, -0.2) is 0 Å². The molecule has 0 bridgehead atoms. The number of hydrogen-bond donors (Lipinski definition) is 1. The van der Waals surface area contributed by atoms with Gasteiger partial charge in [0, 0.05) is 11.0 Å². The van der Waals surface area contributed by atoms with Gasteiger partial charge in [-0.05, 0) is 30.5 Å². The molecule has 0 saturated heterocycles. The van der Waals surface area contributed by atoms with Crippen molar-refractivity contribution in [3.63, 3.8) is 0 Å². The Morgan fingerprint density at radius 3 is 2.55 bits per heavy atom. The van der Waals surface area contributed by atoms with Crippen LogP contribution < -0.4 is 10.5 Å². The summed E-state index contributed by atoms with van der Waals surface area (Å²) in [6.07, 6.45) is 1.96. The molecule has 0 atom stereocenters. The van der Waals surface area contributed by atoms with E-state index in [0.29, 0.717) is 26.5 Å². The molecule has 2 rings (SSSR count). The van der Waals surface area contributed by atoms with E-state index in [2.05, 4.69) is 0 Å². The van der Waals surface area contributed by atoms with Gasteiger partial charge in [-0.15, -0.1) is 11.8 Å². The molecule has 0 aliphatic carbocycles. The number of rotatable bonds is 4. The molecule has 2 aromatic rings. The highest BCUT2D eigenvalue weighted by Crippen LogP contribution is 2.34. The topological polar surface area (TPSA) is 35.2 Å². The molecule has 0 radical (unpaired) electrons. The highest BCUT2D eigenvalue weighted by Gasteiger charge is 2.13. The van der Waals surface area contributed by atoms with Crippen molar-refractivity contribution < 1.29 is 4.74 Å². The number of benzene rings is 2. The second kappa shape index (κ2) is 6.68. The quantitative estimate of drug-likeness (QED) is 0.615. The van der Waals surface area contributed by atoms with Crippen LogP contribution >= 0.6 is 47.2 Å². The summed E-state index contributed by atoms with van der Waals surface area (Å²) < 4.78 is 5.83. The molecule has 0 amide bonds. The van der Waals surface area contributed by atoms with Crippen molar-refractivity contribution in [2.24, 2.45) is 5.73 Å². The normalized spacial score (nSPS) is 10.3. The molecule has 0 saturated carbocycles. The summed E-state index contributed by atoms with van der Waals surface area (Å²) >= 11 is 18.5. The first-order chi connectivity index (χ1) is 9.52. The third kappa shape index (κ3) is 3.38. The zero-order valence-corrected chi connectivity index (χ0v) is 13.7. The molecule has 2 N–H and O–H groups in total. The standard InChI is InChI=1S/C14H11Cl2NOS2/c1-20-12-4-2-3-11(13(12)14(17)19)18-8-5-6-9(15)10(16)7-8/h2-7H,1H3,(H2,17,19). The van der Waals surface area contributed by atoms with Crippen molar-refractivity contribution in [3.05, 3.63) is 52.0 Å². The summed E-state index contributed by atoms with van der Waals surface area (Å²) in [7, 11) is 0. The molecule has 0 aromatic heterocycles. The van der Waals surface area contributed by atoms with Crippen molar-refractivity contribution in [1.82, 2.24) is 0 Å². The van der Waals surface area contributed by atoms with Crippen LogP contribution in [-0.4, -0.2) is 11.2 Å². The van der Waals surface area contributed by atoms with Gasteiger partial charge in [-0.2, -0.15) is 0 Å². The van der Waals surface area contributed by atoms with Gasteiger partial charge in [0.05, 0.1) is 15.6 Å². The predicted octanol–water partition coefficient (Wildman–Crippen LogP) is 5.14. The van der Waals surface area contributed by atoms with Gasteiger partial charge in [-0.3, -0.25) is 0 Å². The lowest BCUT2D eigenvalue weighted by Gasteiger charge is -2.13. The summed E-state index contributed by atoms with van der Waals surface area (Å²) in [5, 5.41) is 0.911. The van der Waals surface area contributed by atoms with Crippen LogP contribution in [0.2, 0.25) is 10.0 Å². The maximum atomic E-state index is 5.97. The van der Waals surface area contributed by atoms with Crippen LogP contribution in [0.4, 0.5) is 0 Å². The van der Waals surface area contributed by atoms with Crippen LogP contribution in [0.15, 0.2) is 41.3 Å². The van der Waals surface area contributed by atoms with Crippen LogP contribution in [-0.2, 0) is 0 Å². The van der Waals surface area contributed by atoms with Crippen LogP contribution in [0.25, 0.3) is 0 Å². The summed E-state index contributed by atoms with van der Waals surface area (Å²) in [6, 6.07) is 10.7. The molecular formula is C14H11Cl2NOS2. The van der Waals surface area contributed by atoms with Crippen LogP contribution in [0.1, 0.15) is 5.56 Å². The first kappa shape index (κ1) is 15.4. The van der Waals surface area contributed by atoms with Crippen molar-refractivity contribution in [3.8, 4) is 11.5 Å². The first-order valence-corrected chi connectivity index (χ1v) is 8.01. The van der Waals surface area contributed by atoms with E-state index in [-0.39, 0.29) is 0 Å². The predicted molar refractivity (Wildman–Crippen MR) is 90.6 cm³/mol. The maximum Gasteiger partial charge on any atom is 0.138 e. The highest BCUT2D eigenvalue weighted by atomic mass is 35.5. The Kier molecular flexibility index (Phi) is 5.16. The number of thioether (sulfide) groups is 1. The van der Waals surface area contributed by atoms with E-state index >= 15 is 0 Å². The fourth-order valence-corrected chi connectivity index (χ4v) is 2.87. The van der Waals surface area contributed by atoms with Crippen molar-refractivity contribution in [2.45, 2.75) is 4.90 Å². The van der Waals surface area contributed by atoms with E-state index in [9.17, 15) is 0 Å². The Morgan fingerprint density at radius 2 is 1.95 bits per heavy atom. The lowest BCUT2D eigenvalue weighted by molar-refractivity contribution is 0.480. The molecule has 0 unspecified atom stereocenters. The summed E-state index contributed by atoms with van der Waals surface area (Å²) in [5.74, 6) is 1.18. The van der Waals surface area contributed by atoms with E-state index in [1.165, 1.54) is 0 Å². The van der Waals surface area contributed by atoms with Crippen molar-refractivity contribution in [2.75, 3.05) is 6.26 Å². The lowest BCUT2D eigenvalue weighted by Crippen LogP contribution is -2.12. The van der Waals surface area contributed by atoms with Crippen molar-refractivity contribution >= 4 is 52.2 Å². The van der Waals surface area contributed by atoms with Gasteiger partial charge >= 0.3 is 0 Å². The van der Waals surface area contributed by atoms with Crippen LogP contribution in [0.5, 0.6) is 11.5 Å². The van der Waals surface area contributed by atoms with Crippen molar-refractivity contribution in [1.29, 1.82) is 0 Å². The molecule has 0 aliphatic heterocycles. The minimum atomic E-state index is 0.296. The largest absolute Gasteiger partial charge is 0.457 e. The number of thiocarbonyl (C=S) groups is 1. The average Bonchev–Trinajstić information content (AvgIpc) is 2.42. The average molecular weight is 344 g/mol. The zero-order chi connectivity index (χ0) is 14.7. The smallest absolute Gasteiger partial charge is 0.138 e. The minimum absolute atomic E-state index is 0.296. The molecule has 0 aliphatic rings.